The molecular weight excluding hydrogens is 292 g/mol. The van der Waals surface area contributed by atoms with Crippen molar-refractivity contribution >= 4 is 0 Å². The second kappa shape index (κ2) is 6.64. The first-order valence-electron chi connectivity index (χ1n) is 8.59. The van der Waals surface area contributed by atoms with Crippen molar-refractivity contribution in [2.45, 2.75) is 47.7 Å². The zero-order chi connectivity index (χ0) is 17.3. The van der Waals surface area contributed by atoms with Crippen molar-refractivity contribution < 1.29 is 4.57 Å². The zero-order valence-corrected chi connectivity index (χ0v) is 15.4. The summed E-state index contributed by atoms with van der Waals surface area (Å²) in [5.74, 6) is 0. The van der Waals surface area contributed by atoms with Crippen LogP contribution in [0, 0.1) is 34.6 Å². The number of benzene rings is 2. The Bertz CT molecular complexity index is 828. The van der Waals surface area contributed by atoms with Gasteiger partial charge in [0.1, 0.15) is 25.5 Å². The van der Waals surface area contributed by atoms with E-state index in [2.05, 4.69) is 92.8 Å². The van der Waals surface area contributed by atoms with Crippen LogP contribution in [0.5, 0.6) is 0 Å². The van der Waals surface area contributed by atoms with E-state index in [4.69, 9.17) is 0 Å². The molecule has 3 aromatic rings. The maximum atomic E-state index is 2.27. The van der Waals surface area contributed by atoms with Gasteiger partial charge in [-0.25, -0.2) is 9.13 Å². The van der Waals surface area contributed by atoms with Gasteiger partial charge in [0.25, 0.3) is 0 Å². The van der Waals surface area contributed by atoms with Crippen LogP contribution in [-0.2, 0) is 13.1 Å². The van der Waals surface area contributed by atoms with E-state index in [1.807, 2.05) is 0 Å². The molecule has 0 unspecified atom stereocenters. The molecule has 3 rings (SSSR count). The van der Waals surface area contributed by atoms with Crippen LogP contribution >= 0.6 is 0 Å². The second-order valence-electron chi connectivity index (χ2n) is 7.13. The van der Waals surface area contributed by atoms with Gasteiger partial charge in [-0.2, -0.15) is 0 Å². The fourth-order valence-electron chi connectivity index (χ4n) is 3.64. The van der Waals surface area contributed by atoms with E-state index >= 15 is 0 Å². The summed E-state index contributed by atoms with van der Waals surface area (Å²) in [6, 6.07) is 11.3. The first kappa shape index (κ1) is 16.5. The van der Waals surface area contributed by atoms with Crippen molar-refractivity contribution in [2.75, 3.05) is 0 Å². The van der Waals surface area contributed by atoms with Crippen molar-refractivity contribution in [2.24, 2.45) is 0 Å². The molecule has 0 atom stereocenters. The number of hydrogen-bond donors (Lipinski definition) is 0. The molecule has 0 amide bonds. The Balaban J connectivity index is 1.79. The highest BCUT2D eigenvalue weighted by Gasteiger charge is 2.10. The number of aryl methyl sites for hydroxylation is 5. The molecule has 2 aromatic carbocycles. The molecule has 0 radical (unpaired) electrons. The van der Waals surface area contributed by atoms with Crippen molar-refractivity contribution in [3.63, 3.8) is 0 Å². The first-order chi connectivity index (χ1) is 11.4. The summed E-state index contributed by atoms with van der Waals surface area (Å²) in [6.45, 7) is 12.8. The number of aromatic nitrogens is 2. The van der Waals surface area contributed by atoms with Gasteiger partial charge < -0.3 is 0 Å². The molecule has 0 aliphatic heterocycles. The molecule has 0 bridgehead atoms. The first-order valence-corrected chi connectivity index (χ1v) is 8.59. The monoisotopic (exact) mass is 319 g/mol. The van der Waals surface area contributed by atoms with Crippen LogP contribution in [0.3, 0.4) is 0 Å². The Kier molecular flexibility index (Phi) is 4.57. The van der Waals surface area contributed by atoms with Gasteiger partial charge in [-0.3, -0.25) is 0 Å². The Morgan fingerprint density at radius 1 is 0.792 bits per heavy atom. The highest BCUT2D eigenvalue weighted by Crippen LogP contribution is 2.17. The highest BCUT2D eigenvalue weighted by atomic mass is 15.1. The maximum Gasteiger partial charge on any atom is 0.244 e. The van der Waals surface area contributed by atoms with Gasteiger partial charge in [-0.05, 0) is 56.9 Å². The van der Waals surface area contributed by atoms with Gasteiger partial charge in [0.15, 0.2) is 0 Å². The largest absolute Gasteiger partial charge is 0.244 e. The molecule has 2 heteroatoms. The minimum Gasteiger partial charge on any atom is -0.233 e. The normalized spacial score (nSPS) is 11.0. The Hall–Kier alpha value is -2.35. The molecule has 0 saturated heterocycles. The Morgan fingerprint density at radius 2 is 1.38 bits per heavy atom. The molecule has 1 aromatic heterocycles. The zero-order valence-electron chi connectivity index (χ0n) is 15.4. The van der Waals surface area contributed by atoms with Gasteiger partial charge in [-0.1, -0.05) is 47.0 Å². The Morgan fingerprint density at radius 3 is 2.00 bits per heavy atom. The van der Waals surface area contributed by atoms with Gasteiger partial charge in [0.2, 0.25) is 6.33 Å². The van der Waals surface area contributed by atoms with Gasteiger partial charge in [0.05, 0.1) is 0 Å². The number of nitrogens with zero attached hydrogens (tertiary/aromatic N) is 2. The van der Waals surface area contributed by atoms with Crippen molar-refractivity contribution in [3.8, 4) is 0 Å². The van der Waals surface area contributed by atoms with Gasteiger partial charge >= 0.3 is 0 Å². The van der Waals surface area contributed by atoms with Crippen LogP contribution < -0.4 is 4.57 Å². The maximum absolute atomic E-state index is 2.27. The summed E-state index contributed by atoms with van der Waals surface area (Å²) in [5, 5.41) is 0. The summed E-state index contributed by atoms with van der Waals surface area (Å²) in [6.07, 6.45) is 6.54. The molecular formula is C22H27N2+. The molecule has 0 N–H and O–H groups in total. The lowest BCUT2D eigenvalue weighted by molar-refractivity contribution is -0.687. The summed E-state index contributed by atoms with van der Waals surface area (Å²) >= 11 is 0. The molecule has 1 heterocycles. The fraction of sp³-hybridized carbons (Fsp3) is 0.318. The second-order valence-corrected chi connectivity index (χ2v) is 7.13. The van der Waals surface area contributed by atoms with E-state index in [9.17, 15) is 0 Å². The average Bonchev–Trinajstić information content (AvgIpc) is 2.89. The van der Waals surface area contributed by atoms with Crippen LogP contribution in [0.1, 0.15) is 38.9 Å². The van der Waals surface area contributed by atoms with E-state index in [0.29, 0.717) is 0 Å². The van der Waals surface area contributed by atoms with Crippen LogP contribution in [0.15, 0.2) is 49.1 Å². The predicted molar refractivity (Wildman–Crippen MR) is 99.4 cm³/mol. The molecule has 0 aliphatic carbocycles. The lowest BCUT2D eigenvalue weighted by atomic mass is 10.00. The van der Waals surface area contributed by atoms with E-state index in [-0.39, 0.29) is 0 Å². The highest BCUT2D eigenvalue weighted by molar-refractivity contribution is 5.37. The summed E-state index contributed by atoms with van der Waals surface area (Å²) < 4.78 is 4.53. The SMILES string of the molecule is Cc1cc(C)cc(C[n+]2ccn(Cc3c(C)cc(C)cc3C)c2)c1. The number of rotatable bonds is 4. The molecule has 0 aliphatic rings. The molecule has 0 fully saturated rings. The van der Waals surface area contributed by atoms with E-state index < -0.39 is 0 Å². The molecule has 0 saturated carbocycles. The third-order valence-corrected chi connectivity index (χ3v) is 4.57. The van der Waals surface area contributed by atoms with Crippen molar-refractivity contribution in [1.82, 2.24) is 4.57 Å². The van der Waals surface area contributed by atoms with E-state index in [1.54, 1.807) is 0 Å². The lowest BCUT2D eigenvalue weighted by Gasteiger charge is -2.09. The van der Waals surface area contributed by atoms with Crippen molar-refractivity contribution in [1.29, 1.82) is 0 Å². The number of hydrogen-bond acceptors (Lipinski definition) is 0. The smallest absolute Gasteiger partial charge is 0.233 e. The minimum absolute atomic E-state index is 0.918. The Labute approximate surface area is 145 Å². The topological polar surface area (TPSA) is 8.81 Å². The molecule has 0 spiro atoms. The van der Waals surface area contributed by atoms with E-state index in [1.165, 1.54) is 38.9 Å². The molecule has 2 nitrogen and oxygen atoms in total. The van der Waals surface area contributed by atoms with E-state index in [0.717, 1.165) is 13.1 Å². The van der Waals surface area contributed by atoms with Gasteiger partial charge in [-0.15, -0.1) is 0 Å². The molecule has 124 valence electrons. The summed E-state index contributed by atoms with van der Waals surface area (Å²) in [5.41, 5.74) is 9.54. The van der Waals surface area contributed by atoms with Crippen LogP contribution in [0.25, 0.3) is 0 Å². The van der Waals surface area contributed by atoms with Gasteiger partial charge in [0, 0.05) is 0 Å². The predicted octanol–water partition coefficient (Wildman–Crippen LogP) is 4.41. The van der Waals surface area contributed by atoms with Crippen LogP contribution in [0.2, 0.25) is 0 Å². The lowest BCUT2D eigenvalue weighted by Crippen LogP contribution is -2.31. The standard InChI is InChI=1S/C22H27N2/c1-16-8-17(2)12-21(11-16)13-23-6-7-24(15-23)14-22-19(4)9-18(3)10-20(22)5/h6-12,15H,13-14H2,1-5H3/q+1. The molecule has 24 heavy (non-hydrogen) atoms. The van der Waals surface area contributed by atoms with Crippen molar-refractivity contribution in [3.05, 3.63) is 88.0 Å². The number of imidazole rings is 1. The minimum atomic E-state index is 0.918. The average molecular weight is 319 g/mol. The fourth-order valence-corrected chi connectivity index (χ4v) is 3.64. The third kappa shape index (κ3) is 3.76. The summed E-state index contributed by atoms with van der Waals surface area (Å²) in [4.78, 5) is 0. The summed E-state index contributed by atoms with van der Waals surface area (Å²) in [7, 11) is 0. The quantitative estimate of drug-likeness (QED) is 0.630. The van der Waals surface area contributed by atoms with Crippen LogP contribution in [-0.4, -0.2) is 4.57 Å². The van der Waals surface area contributed by atoms with Crippen LogP contribution in [0.4, 0.5) is 0 Å². The third-order valence-electron chi connectivity index (χ3n) is 4.57.